The van der Waals surface area contributed by atoms with Gasteiger partial charge >= 0.3 is 0 Å². The Morgan fingerprint density at radius 2 is 2.35 bits per heavy atom. The van der Waals surface area contributed by atoms with E-state index >= 15 is 0 Å². The van der Waals surface area contributed by atoms with Crippen LogP contribution in [0.5, 0.6) is 0 Å². The molecule has 1 aromatic rings. The second kappa shape index (κ2) is 7.19. The number of hydrogen-bond acceptors (Lipinski definition) is 4. The van der Waals surface area contributed by atoms with Crippen molar-refractivity contribution in [1.29, 1.82) is 0 Å². The summed E-state index contributed by atoms with van der Waals surface area (Å²) in [5, 5.41) is 6.21. The number of carbonyl (C=O) groups is 2. The smallest absolute Gasteiger partial charge is 0.264 e. The summed E-state index contributed by atoms with van der Waals surface area (Å²) in [6.45, 7) is 1.91. The maximum absolute atomic E-state index is 12.1. The van der Waals surface area contributed by atoms with Crippen molar-refractivity contribution in [2.45, 2.75) is 18.9 Å². The fourth-order valence-electron chi connectivity index (χ4n) is 2.15. The van der Waals surface area contributed by atoms with Crippen molar-refractivity contribution in [1.82, 2.24) is 15.5 Å². The van der Waals surface area contributed by atoms with Gasteiger partial charge < -0.3 is 15.5 Å². The van der Waals surface area contributed by atoms with Crippen LogP contribution in [0, 0.1) is 0 Å². The minimum atomic E-state index is -0.127. The topological polar surface area (TPSA) is 61.4 Å². The number of rotatable bonds is 4. The van der Waals surface area contributed by atoms with Crippen molar-refractivity contribution in [2.75, 3.05) is 26.7 Å². The van der Waals surface area contributed by atoms with Crippen LogP contribution in [0.2, 0.25) is 0 Å². The first-order valence-corrected chi connectivity index (χ1v) is 8.18. The molecule has 5 nitrogen and oxygen atoms in total. The molecule has 1 atom stereocenters. The summed E-state index contributed by atoms with van der Waals surface area (Å²) in [5.74, 6) is -0.234. The van der Waals surface area contributed by atoms with Crippen LogP contribution in [0.3, 0.4) is 0 Å². The third-order valence-corrected chi connectivity index (χ3v) is 4.79. The molecule has 110 valence electrons. The predicted octanol–water partition coefficient (Wildman–Crippen LogP) is 1.45. The van der Waals surface area contributed by atoms with E-state index in [4.69, 9.17) is 0 Å². The van der Waals surface area contributed by atoms with Crippen LogP contribution in [0.1, 0.15) is 22.5 Å². The van der Waals surface area contributed by atoms with Crippen LogP contribution in [0.25, 0.3) is 0 Å². The summed E-state index contributed by atoms with van der Waals surface area (Å²) in [6.07, 6.45) is 2.07. The highest BCUT2D eigenvalue weighted by molar-refractivity contribution is 9.11. The summed E-state index contributed by atoms with van der Waals surface area (Å²) >= 11 is 4.70. The zero-order chi connectivity index (χ0) is 14.5. The zero-order valence-corrected chi connectivity index (χ0v) is 13.7. The van der Waals surface area contributed by atoms with E-state index in [2.05, 4.69) is 26.6 Å². The van der Waals surface area contributed by atoms with Crippen molar-refractivity contribution in [3.05, 3.63) is 20.8 Å². The molecule has 0 spiro atoms. The van der Waals surface area contributed by atoms with Gasteiger partial charge in [-0.1, -0.05) is 0 Å². The predicted molar refractivity (Wildman–Crippen MR) is 83.0 cm³/mol. The fraction of sp³-hybridized carbons (Fsp3) is 0.538. The summed E-state index contributed by atoms with van der Waals surface area (Å²) in [4.78, 5) is 26.1. The van der Waals surface area contributed by atoms with E-state index in [1.807, 2.05) is 6.07 Å². The largest absolute Gasteiger partial charge is 0.351 e. The molecular formula is C13H18BrN3O2S. The maximum atomic E-state index is 12.1. The van der Waals surface area contributed by atoms with E-state index in [-0.39, 0.29) is 24.4 Å². The molecule has 20 heavy (non-hydrogen) atoms. The number of carbonyl (C=O) groups excluding carboxylic acids is 2. The Bertz CT molecular complexity index is 486. The lowest BCUT2D eigenvalue weighted by Gasteiger charge is -2.25. The molecule has 0 radical (unpaired) electrons. The van der Waals surface area contributed by atoms with Gasteiger partial charge in [0.25, 0.3) is 5.91 Å². The van der Waals surface area contributed by atoms with Gasteiger partial charge in [-0.2, -0.15) is 0 Å². The first-order chi connectivity index (χ1) is 9.56. The monoisotopic (exact) mass is 359 g/mol. The molecule has 0 aromatic carbocycles. The van der Waals surface area contributed by atoms with Gasteiger partial charge in [0.1, 0.15) is 0 Å². The number of hydrogen-bond donors (Lipinski definition) is 2. The standard InChI is InChI=1S/C13H18BrN3O2S/c1-17(13(19)10-4-5-11(14)20-10)8-12(18)16-9-3-2-6-15-7-9/h4-5,9,15H,2-3,6-8H2,1H3,(H,16,18). The molecule has 7 heteroatoms. The van der Waals surface area contributed by atoms with Crippen LogP contribution in [-0.2, 0) is 4.79 Å². The van der Waals surface area contributed by atoms with Crippen LogP contribution in [0.15, 0.2) is 15.9 Å². The SMILES string of the molecule is CN(CC(=O)NC1CCCNC1)C(=O)c1ccc(Br)s1. The Morgan fingerprint density at radius 1 is 1.55 bits per heavy atom. The Morgan fingerprint density at radius 3 is 2.95 bits per heavy atom. The number of piperidine rings is 1. The molecule has 2 rings (SSSR count). The van der Waals surface area contributed by atoms with Crippen LogP contribution in [0.4, 0.5) is 0 Å². The number of nitrogens with zero attached hydrogens (tertiary/aromatic N) is 1. The van der Waals surface area contributed by atoms with E-state index in [0.29, 0.717) is 4.88 Å². The summed E-state index contributed by atoms with van der Waals surface area (Å²) in [6, 6.07) is 3.77. The molecular weight excluding hydrogens is 342 g/mol. The molecule has 2 N–H and O–H groups in total. The third kappa shape index (κ3) is 4.29. The summed E-state index contributed by atoms with van der Waals surface area (Å²) in [5.41, 5.74) is 0. The van der Waals surface area contributed by atoms with Crippen LogP contribution in [-0.4, -0.2) is 49.4 Å². The molecule has 1 fully saturated rings. The van der Waals surface area contributed by atoms with E-state index in [1.54, 1.807) is 13.1 Å². The highest BCUT2D eigenvalue weighted by atomic mass is 79.9. The Labute approximate surface area is 130 Å². The molecule has 1 saturated heterocycles. The van der Waals surface area contributed by atoms with Gasteiger partial charge in [0.15, 0.2) is 0 Å². The lowest BCUT2D eigenvalue weighted by Crippen LogP contribution is -2.48. The molecule has 1 unspecified atom stereocenters. The highest BCUT2D eigenvalue weighted by Crippen LogP contribution is 2.22. The lowest BCUT2D eigenvalue weighted by atomic mass is 10.1. The summed E-state index contributed by atoms with van der Waals surface area (Å²) < 4.78 is 0.909. The average molecular weight is 360 g/mol. The van der Waals surface area contributed by atoms with Gasteiger partial charge in [0, 0.05) is 19.6 Å². The molecule has 1 aromatic heterocycles. The first kappa shape index (κ1) is 15.5. The Kier molecular flexibility index (Phi) is 5.56. The van der Waals surface area contributed by atoms with Gasteiger partial charge in [-0.3, -0.25) is 9.59 Å². The minimum absolute atomic E-state index is 0.0881. The van der Waals surface area contributed by atoms with Gasteiger partial charge in [0.2, 0.25) is 5.91 Å². The number of thiophene rings is 1. The fourth-order valence-corrected chi connectivity index (χ4v) is 3.53. The third-order valence-electron chi connectivity index (χ3n) is 3.17. The van der Waals surface area contributed by atoms with Crippen molar-refractivity contribution in [3.63, 3.8) is 0 Å². The van der Waals surface area contributed by atoms with Crippen LogP contribution >= 0.6 is 27.3 Å². The Hall–Kier alpha value is -0.920. The molecule has 0 aliphatic carbocycles. The Balaban J connectivity index is 1.82. The molecule has 2 amide bonds. The number of halogens is 1. The first-order valence-electron chi connectivity index (χ1n) is 6.57. The summed E-state index contributed by atoms with van der Waals surface area (Å²) in [7, 11) is 1.65. The second-order valence-corrected chi connectivity index (χ2v) is 7.34. The van der Waals surface area contributed by atoms with E-state index in [1.165, 1.54) is 16.2 Å². The maximum Gasteiger partial charge on any atom is 0.264 e. The number of nitrogens with one attached hydrogen (secondary N) is 2. The van der Waals surface area contributed by atoms with E-state index in [0.717, 1.165) is 29.7 Å². The van der Waals surface area contributed by atoms with Gasteiger partial charge in [0.05, 0.1) is 15.2 Å². The molecule has 0 bridgehead atoms. The van der Waals surface area contributed by atoms with Crippen LogP contribution < -0.4 is 10.6 Å². The molecule has 0 saturated carbocycles. The highest BCUT2D eigenvalue weighted by Gasteiger charge is 2.19. The van der Waals surface area contributed by atoms with Gasteiger partial charge in [-0.25, -0.2) is 0 Å². The molecule has 1 aliphatic rings. The van der Waals surface area contributed by atoms with Crippen molar-refractivity contribution < 1.29 is 9.59 Å². The van der Waals surface area contributed by atoms with Gasteiger partial charge in [-0.15, -0.1) is 11.3 Å². The van der Waals surface area contributed by atoms with E-state index < -0.39 is 0 Å². The quantitative estimate of drug-likeness (QED) is 0.855. The molecule has 2 heterocycles. The minimum Gasteiger partial charge on any atom is -0.351 e. The normalized spacial score (nSPS) is 18.6. The van der Waals surface area contributed by atoms with Crippen molar-refractivity contribution in [2.24, 2.45) is 0 Å². The zero-order valence-electron chi connectivity index (χ0n) is 11.3. The van der Waals surface area contributed by atoms with Gasteiger partial charge in [-0.05, 0) is 47.4 Å². The van der Waals surface area contributed by atoms with Crippen molar-refractivity contribution >= 4 is 39.1 Å². The number of amides is 2. The average Bonchev–Trinajstić information content (AvgIpc) is 2.85. The molecule has 1 aliphatic heterocycles. The lowest BCUT2D eigenvalue weighted by molar-refractivity contribution is -0.122. The van der Waals surface area contributed by atoms with E-state index in [9.17, 15) is 9.59 Å². The van der Waals surface area contributed by atoms with Crippen molar-refractivity contribution in [3.8, 4) is 0 Å². The number of likely N-dealkylation sites (N-methyl/N-ethyl adjacent to an activating group) is 1. The second-order valence-electron chi connectivity index (χ2n) is 4.88.